The number of aliphatic hydroxyl groups is 1. The van der Waals surface area contributed by atoms with Crippen molar-refractivity contribution in [3.8, 4) is 5.75 Å². The molecule has 1 saturated heterocycles. The number of hydrogen-bond acceptors (Lipinski definition) is 7. The zero-order valence-corrected chi connectivity index (χ0v) is 21.2. The second-order valence-electron chi connectivity index (χ2n) is 9.38. The molecule has 0 saturated carbocycles. The van der Waals surface area contributed by atoms with Crippen LogP contribution in [0.15, 0.2) is 66.7 Å². The summed E-state index contributed by atoms with van der Waals surface area (Å²) in [4.78, 5) is 33.1. The summed E-state index contributed by atoms with van der Waals surface area (Å²) < 4.78 is 5.83. The van der Waals surface area contributed by atoms with E-state index >= 15 is 0 Å². The summed E-state index contributed by atoms with van der Waals surface area (Å²) in [5.41, 5.74) is 7.97. The number of nitrogens with zero attached hydrogens (tertiary/aromatic N) is 3. The second kappa shape index (κ2) is 11.5. The standard InChI is InChI=1S/C28H33N5O4/c1-20-14-23(15-21(2)31-20)17-37-25-10-8-24(9-11-25)26(34)30-18-28(36,27(29)35)33-13-12-32(19-33)16-22-6-4-3-5-7-22/h3-11,14-15,36H,12-13,16-19H2,1-2H3,(H2,29,35)(H,30,34)/t28-/m0/s1. The van der Waals surface area contributed by atoms with Gasteiger partial charge >= 0.3 is 0 Å². The predicted molar refractivity (Wildman–Crippen MR) is 139 cm³/mol. The number of amides is 2. The fourth-order valence-electron chi connectivity index (χ4n) is 4.45. The predicted octanol–water partition coefficient (Wildman–Crippen LogP) is 1.96. The summed E-state index contributed by atoms with van der Waals surface area (Å²) in [5.74, 6) is -0.709. The van der Waals surface area contributed by atoms with Crippen LogP contribution >= 0.6 is 0 Å². The van der Waals surface area contributed by atoms with Gasteiger partial charge in [0.05, 0.1) is 13.2 Å². The van der Waals surface area contributed by atoms with Crippen molar-refractivity contribution < 1.29 is 19.4 Å². The molecule has 4 N–H and O–H groups in total. The first-order valence-corrected chi connectivity index (χ1v) is 12.2. The number of hydrogen-bond donors (Lipinski definition) is 3. The minimum Gasteiger partial charge on any atom is -0.489 e. The van der Waals surface area contributed by atoms with Crippen LogP contribution in [0, 0.1) is 13.8 Å². The van der Waals surface area contributed by atoms with Gasteiger partial charge in [-0.05, 0) is 61.4 Å². The van der Waals surface area contributed by atoms with Crippen LogP contribution in [0.2, 0.25) is 0 Å². The van der Waals surface area contributed by atoms with Crippen molar-refractivity contribution >= 4 is 11.8 Å². The number of carbonyl (C=O) groups is 2. The molecule has 1 aliphatic rings. The fourth-order valence-corrected chi connectivity index (χ4v) is 4.45. The molecule has 2 amide bonds. The third-order valence-electron chi connectivity index (χ3n) is 6.38. The van der Waals surface area contributed by atoms with Crippen LogP contribution < -0.4 is 15.8 Å². The van der Waals surface area contributed by atoms with Gasteiger partial charge in [0.1, 0.15) is 12.4 Å². The number of ether oxygens (including phenoxy) is 1. The van der Waals surface area contributed by atoms with Crippen molar-refractivity contribution in [2.45, 2.75) is 32.7 Å². The molecule has 1 aliphatic heterocycles. The van der Waals surface area contributed by atoms with Crippen molar-refractivity contribution in [2.24, 2.45) is 5.73 Å². The van der Waals surface area contributed by atoms with Crippen LogP contribution in [-0.4, -0.2) is 63.7 Å². The van der Waals surface area contributed by atoms with E-state index in [1.165, 1.54) is 0 Å². The van der Waals surface area contributed by atoms with Gasteiger partial charge in [0.25, 0.3) is 11.8 Å². The van der Waals surface area contributed by atoms with E-state index in [4.69, 9.17) is 10.5 Å². The van der Waals surface area contributed by atoms with E-state index in [-0.39, 0.29) is 6.54 Å². The number of aromatic nitrogens is 1. The van der Waals surface area contributed by atoms with Gasteiger partial charge in [0.15, 0.2) is 0 Å². The van der Waals surface area contributed by atoms with E-state index in [2.05, 4.69) is 15.2 Å². The molecule has 9 nitrogen and oxygen atoms in total. The molecule has 0 spiro atoms. The quantitative estimate of drug-likeness (QED) is 0.387. The second-order valence-corrected chi connectivity index (χ2v) is 9.38. The number of primary amides is 1. The highest BCUT2D eigenvalue weighted by Gasteiger charge is 2.43. The minimum atomic E-state index is -2.00. The van der Waals surface area contributed by atoms with Crippen molar-refractivity contribution in [1.29, 1.82) is 0 Å². The van der Waals surface area contributed by atoms with E-state index < -0.39 is 17.5 Å². The van der Waals surface area contributed by atoms with Crippen LogP contribution in [0.25, 0.3) is 0 Å². The molecule has 194 valence electrons. The molecule has 2 aromatic carbocycles. The molecule has 0 radical (unpaired) electrons. The summed E-state index contributed by atoms with van der Waals surface area (Å²) in [5, 5.41) is 13.8. The summed E-state index contributed by atoms with van der Waals surface area (Å²) in [6, 6.07) is 20.6. The van der Waals surface area contributed by atoms with Crippen LogP contribution in [0.5, 0.6) is 5.75 Å². The molecule has 2 heterocycles. The number of pyridine rings is 1. The molecule has 0 unspecified atom stereocenters. The molecule has 0 aliphatic carbocycles. The van der Waals surface area contributed by atoms with E-state index in [0.717, 1.165) is 22.5 Å². The normalized spacial score (nSPS) is 15.8. The lowest BCUT2D eigenvalue weighted by atomic mass is 10.1. The summed E-state index contributed by atoms with van der Waals surface area (Å²) in [6.07, 6.45) is 0. The summed E-state index contributed by atoms with van der Waals surface area (Å²) in [7, 11) is 0. The van der Waals surface area contributed by atoms with Gasteiger partial charge in [-0.25, -0.2) is 0 Å². The van der Waals surface area contributed by atoms with Gasteiger partial charge in [-0.15, -0.1) is 0 Å². The molecule has 3 aromatic rings. The van der Waals surface area contributed by atoms with Crippen LogP contribution in [0.3, 0.4) is 0 Å². The van der Waals surface area contributed by atoms with Gasteiger partial charge in [0.2, 0.25) is 5.72 Å². The summed E-state index contributed by atoms with van der Waals surface area (Å²) >= 11 is 0. The van der Waals surface area contributed by atoms with E-state index in [1.54, 1.807) is 29.2 Å². The number of aryl methyl sites for hydroxylation is 2. The highest BCUT2D eigenvalue weighted by molar-refractivity contribution is 5.95. The number of carbonyl (C=O) groups excluding carboxylic acids is 2. The zero-order chi connectivity index (χ0) is 26.4. The van der Waals surface area contributed by atoms with Crippen LogP contribution in [0.1, 0.15) is 32.9 Å². The van der Waals surface area contributed by atoms with Crippen molar-refractivity contribution in [2.75, 3.05) is 26.3 Å². The Kier molecular flexibility index (Phi) is 8.17. The number of nitrogens with two attached hydrogens (primary N) is 1. The maximum absolute atomic E-state index is 12.7. The average Bonchev–Trinajstić information content (AvgIpc) is 3.35. The third-order valence-corrected chi connectivity index (χ3v) is 6.38. The van der Waals surface area contributed by atoms with E-state index in [1.807, 2.05) is 56.3 Å². The van der Waals surface area contributed by atoms with Crippen LogP contribution in [0.4, 0.5) is 0 Å². The smallest absolute Gasteiger partial charge is 0.266 e. The molecule has 1 aromatic heterocycles. The van der Waals surface area contributed by atoms with Gasteiger partial charge in [-0.3, -0.25) is 24.4 Å². The highest BCUT2D eigenvalue weighted by atomic mass is 16.5. The van der Waals surface area contributed by atoms with Gasteiger partial charge in [-0.2, -0.15) is 0 Å². The Balaban J connectivity index is 1.31. The van der Waals surface area contributed by atoms with Crippen molar-refractivity contribution in [3.63, 3.8) is 0 Å². The lowest BCUT2D eigenvalue weighted by Crippen LogP contribution is -2.63. The highest BCUT2D eigenvalue weighted by Crippen LogP contribution is 2.20. The molecule has 0 bridgehead atoms. The Labute approximate surface area is 216 Å². The lowest BCUT2D eigenvalue weighted by Gasteiger charge is -2.34. The lowest BCUT2D eigenvalue weighted by molar-refractivity contribution is -0.158. The third kappa shape index (κ3) is 6.71. The monoisotopic (exact) mass is 503 g/mol. The van der Waals surface area contributed by atoms with E-state index in [9.17, 15) is 14.7 Å². The first kappa shape index (κ1) is 26.3. The van der Waals surface area contributed by atoms with Gasteiger partial charge in [-0.1, -0.05) is 30.3 Å². The SMILES string of the molecule is Cc1cc(COc2ccc(C(=O)NC[C@](O)(C(N)=O)N3CCN(Cc4ccccc4)C3)cc2)cc(C)n1. The Morgan fingerprint density at radius 2 is 1.70 bits per heavy atom. The molecular formula is C28H33N5O4. The fraction of sp³-hybridized carbons (Fsp3) is 0.321. The van der Waals surface area contributed by atoms with Crippen molar-refractivity contribution in [1.82, 2.24) is 20.1 Å². The topological polar surface area (TPSA) is 121 Å². The van der Waals surface area contributed by atoms with Crippen molar-refractivity contribution in [3.05, 3.63) is 94.8 Å². The molecule has 1 atom stereocenters. The van der Waals surface area contributed by atoms with E-state index in [0.29, 0.717) is 44.2 Å². The first-order chi connectivity index (χ1) is 17.7. The number of benzene rings is 2. The average molecular weight is 504 g/mol. The molecule has 4 rings (SSSR count). The van der Waals surface area contributed by atoms with Crippen LogP contribution in [-0.2, 0) is 17.9 Å². The Bertz CT molecular complexity index is 1210. The van der Waals surface area contributed by atoms with Gasteiger partial charge in [0, 0.05) is 36.6 Å². The molecule has 37 heavy (non-hydrogen) atoms. The molecular weight excluding hydrogens is 470 g/mol. The maximum atomic E-state index is 12.7. The minimum absolute atomic E-state index is 0.320. The maximum Gasteiger partial charge on any atom is 0.266 e. The first-order valence-electron chi connectivity index (χ1n) is 12.2. The van der Waals surface area contributed by atoms with Gasteiger partial charge < -0.3 is 20.9 Å². The number of rotatable bonds is 10. The Morgan fingerprint density at radius 3 is 2.35 bits per heavy atom. The molecule has 1 fully saturated rings. The Morgan fingerprint density at radius 1 is 1.03 bits per heavy atom. The largest absolute Gasteiger partial charge is 0.489 e. The zero-order valence-electron chi connectivity index (χ0n) is 21.2. The Hall–Kier alpha value is -3.79. The molecule has 9 heteroatoms. The summed E-state index contributed by atoms with van der Waals surface area (Å²) in [6.45, 7) is 6.10. The number of nitrogens with one attached hydrogen (secondary N) is 1.